The van der Waals surface area contributed by atoms with Crippen LogP contribution in [-0.4, -0.2) is 25.2 Å². The van der Waals surface area contributed by atoms with Gasteiger partial charge in [0, 0.05) is 35.6 Å². The molecule has 2 atom stereocenters. The average Bonchev–Trinajstić information content (AvgIpc) is 3.06. The summed E-state index contributed by atoms with van der Waals surface area (Å²) >= 11 is 3.50. The number of hydrogen-bond acceptors (Lipinski definition) is 2. The molecule has 2 heterocycles. The number of benzene rings is 1. The molecule has 0 spiro atoms. The van der Waals surface area contributed by atoms with Gasteiger partial charge in [-0.05, 0) is 17.7 Å². The highest BCUT2D eigenvalue weighted by Gasteiger charge is 2.30. The second-order valence-corrected chi connectivity index (χ2v) is 5.72. The Morgan fingerprint density at radius 2 is 1.50 bits per heavy atom. The molecule has 0 amide bonds. The van der Waals surface area contributed by atoms with Gasteiger partial charge >= 0.3 is 0 Å². The normalized spacial score (nSPS) is 27.8. The second-order valence-electron chi connectivity index (χ2n) is 4.80. The minimum absolute atomic E-state index is 0.423. The van der Waals surface area contributed by atoms with Crippen LogP contribution in [0.1, 0.15) is 11.5 Å². The van der Waals surface area contributed by atoms with Crippen LogP contribution in [0.4, 0.5) is 0 Å². The van der Waals surface area contributed by atoms with Crippen molar-refractivity contribution in [2.24, 2.45) is 0 Å². The average molecular weight is 305 g/mol. The van der Waals surface area contributed by atoms with Crippen molar-refractivity contribution in [2.45, 2.75) is 18.0 Å². The van der Waals surface area contributed by atoms with Crippen molar-refractivity contribution in [3.63, 3.8) is 0 Å². The third kappa shape index (κ3) is 2.44. The molecule has 3 rings (SSSR count). The highest BCUT2D eigenvalue weighted by molar-refractivity contribution is 9.10. The van der Waals surface area contributed by atoms with Gasteiger partial charge in [-0.3, -0.25) is 0 Å². The number of rotatable bonds is 3. The topological polar surface area (TPSA) is 24.1 Å². The van der Waals surface area contributed by atoms with Crippen LogP contribution in [0.15, 0.2) is 53.0 Å². The van der Waals surface area contributed by atoms with E-state index in [1.165, 1.54) is 5.56 Å². The maximum absolute atomic E-state index is 3.55. The molecule has 2 aliphatic rings. The Bertz CT molecular complexity index is 442. The van der Waals surface area contributed by atoms with E-state index >= 15 is 0 Å². The quantitative estimate of drug-likeness (QED) is 0.839. The van der Waals surface area contributed by atoms with E-state index in [9.17, 15) is 0 Å². The van der Waals surface area contributed by atoms with Crippen LogP contribution in [0.25, 0.3) is 0 Å². The van der Waals surface area contributed by atoms with Gasteiger partial charge in [0.15, 0.2) is 0 Å². The zero-order valence-corrected chi connectivity index (χ0v) is 11.7. The molecule has 18 heavy (non-hydrogen) atoms. The molecule has 0 aliphatic carbocycles. The van der Waals surface area contributed by atoms with Gasteiger partial charge in [-0.2, -0.15) is 0 Å². The van der Waals surface area contributed by atoms with E-state index in [1.54, 1.807) is 0 Å². The maximum Gasteiger partial charge on any atom is 0.0340 e. The SMILES string of the molecule is Brc1ccc(C(C2C=CCN2)C2C=CCN2)cc1. The minimum Gasteiger partial charge on any atom is -0.306 e. The van der Waals surface area contributed by atoms with Crippen LogP contribution in [0.3, 0.4) is 0 Å². The Kier molecular flexibility index (Phi) is 3.64. The number of halogens is 1. The van der Waals surface area contributed by atoms with Gasteiger partial charge in [-0.25, -0.2) is 0 Å². The molecule has 2 unspecified atom stereocenters. The minimum atomic E-state index is 0.423. The van der Waals surface area contributed by atoms with E-state index in [2.05, 4.69) is 75.1 Å². The molecule has 2 aliphatic heterocycles. The van der Waals surface area contributed by atoms with Crippen molar-refractivity contribution >= 4 is 15.9 Å². The summed E-state index contributed by atoms with van der Waals surface area (Å²) in [6, 6.07) is 9.53. The number of hydrogen-bond donors (Lipinski definition) is 2. The van der Waals surface area contributed by atoms with Gasteiger partial charge in [-0.1, -0.05) is 52.4 Å². The fourth-order valence-electron chi connectivity index (χ4n) is 2.79. The first-order valence-corrected chi connectivity index (χ1v) is 7.19. The monoisotopic (exact) mass is 304 g/mol. The molecule has 1 aromatic rings. The molecule has 2 nitrogen and oxygen atoms in total. The highest BCUT2D eigenvalue weighted by Crippen LogP contribution is 2.29. The largest absolute Gasteiger partial charge is 0.306 e. The van der Waals surface area contributed by atoms with Crippen molar-refractivity contribution in [3.05, 3.63) is 58.6 Å². The Labute approximate surface area is 116 Å². The van der Waals surface area contributed by atoms with Gasteiger partial charge in [0.05, 0.1) is 0 Å². The lowest BCUT2D eigenvalue weighted by Gasteiger charge is -2.28. The van der Waals surface area contributed by atoms with Gasteiger partial charge < -0.3 is 10.6 Å². The fraction of sp³-hybridized carbons (Fsp3) is 0.333. The molecular weight excluding hydrogens is 288 g/mol. The molecule has 94 valence electrons. The molecule has 0 bridgehead atoms. The lowest BCUT2D eigenvalue weighted by molar-refractivity contribution is 0.460. The molecular formula is C15H17BrN2. The third-order valence-corrected chi connectivity index (χ3v) is 4.19. The highest BCUT2D eigenvalue weighted by atomic mass is 79.9. The van der Waals surface area contributed by atoms with E-state index in [0.717, 1.165) is 17.6 Å². The molecule has 0 aromatic heterocycles. The molecule has 0 radical (unpaired) electrons. The van der Waals surface area contributed by atoms with Crippen LogP contribution >= 0.6 is 15.9 Å². The standard InChI is InChI=1S/C15H17BrN2/c16-12-7-5-11(6-8-12)15(13-3-1-9-17-13)14-4-2-10-18-14/h1-8,13-15,17-18H,9-10H2. The van der Waals surface area contributed by atoms with E-state index in [4.69, 9.17) is 0 Å². The predicted molar refractivity (Wildman–Crippen MR) is 78.7 cm³/mol. The summed E-state index contributed by atoms with van der Waals surface area (Å²) in [4.78, 5) is 0. The second kappa shape index (κ2) is 5.39. The van der Waals surface area contributed by atoms with Crippen molar-refractivity contribution in [1.29, 1.82) is 0 Å². The summed E-state index contributed by atoms with van der Waals surface area (Å²) < 4.78 is 1.13. The van der Waals surface area contributed by atoms with E-state index in [0.29, 0.717) is 18.0 Å². The molecule has 1 aromatic carbocycles. The first-order valence-electron chi connectivity index (χ1n) is 6.40. The van der Waals surface area contributed by atoms with Crippen molar-refractivity contribution in [1.82, 2.24) is 10.6 Å². The molecule has 0 saturated carbocycles. The Hall–Kier alpha value is -0.900. The summed E-state index contributed by atoms with van der Waals surface area (Å²) in [5.41, 5.74) is 1.38. The van der Waals surface area contributed by atoms with Crippen molar-refractivity contribution in [3.8, 4) is 0 Å². The van der Waals surface area contributed by atoms with Crippen LogP contribution in [0, 0.1) is 0 Å². The zero-order valence-electron chi connectivity index (χ0n) is 10.1. The molecule has 0 fully saturated rings. The predicted octanol–water partition coefficient (Wildman–Crippen LogP) is 2.59. The first kappa shape index (κ1) is 12.2. The lowest BCUT2D eigenvalue weighted by atomic mass is 9.85. The van der Waals surface area contributed by atoms with Crippen molar-refractivity contribution < 1.29 is 0 Å². The van der Waals surface area contributed by atoms with Crippen LogP contribution in [0.5, 0.6) is 0 Å². The Morgan fingerprint density at radius 1 is 0.944 bits per heavy atom. The number of nitrogens with one attached hydrogen (secondary N) is 2. The first-order chi connectivity index (χ1) is 8.84. The zero-order chi connectivity index (χ0) is 12.4. The van der Waals surface area contributed by atoms with Crippen molar-refractivity contribution in [2.75, 3.05) is 13.1 Å². The molecule has 2 N–H and O–H groups in total. The van der Waals surface area contributed by atoms with Crippen LogP contribution < -0.4 is 10.6 Å². The molecule has 3 heteroatoms. The smallest absolute Gasteiger partial charge is 0.0340 e. The summed E-state index contributed by atoms with van der Waals surface area (Å²) in [6.45, 7) is 1.96. The summed E-state index contributed by atoms with van der Waals surface area (Å²) in [7, 11) is 0. The van der Waals surface area contributed by atoms with Gasteiger partial charge in [0.25, 0.3) is 0 Å². The van der Waals surface area contributed by atoms with Crippen LogP contribution in [0.2, 0.25) is 0 Å². The Balaban J connectivity index is 1.90. The van der Waals surface area contributed by atoms with E-state index in [-0.39, 0.29) is 0 Å². The van der Waals surface area contributed by atoms with E-state index < -0.39 is 0 Å². The van der Waals surface area contributed by atoms with Crippen LogP contribution in [-0.2, 0) is 0 Å². The van der Waals surface area contributed by atoms with E-state index in [1.807, 2.05) is 0 Å². The fourth-order valence-corrected chi connectivity index (χ4v) is 3.05. The summed E-state index contributed by atoms with van der Waals surface area (Å²) in [5, 5.41) is 7.10. The summed E-state index contributed by atoms with van der Waals surface area (Å²) in [6.07, 6.45) is 9.02. The lowest BCUT2D eigenvalue weighted by Crippen LogP contribution is -2.40. The van der Waals surface area contributed by atoms with Gasteiger partial charge in [0.2, 0.25) is 0 Å². The third-order valence-electron chi connectivity index (χ3n) is 3.66. The summed E-state index contributed by atoms with van der Waals surface area (Å²) in [5.74, 6) is 0.454. The Morgan fingerprint density at radius 3 is 1.94 bits per heavy atom. The maximum atomic E-state index is 3.55. The van der Waals surface area contributed by atoms with Gasteiger partial charge in [-0.15, -0.1) is 0 Å². The van der Waals surface area contributed by atoms with Gasteiger partial charge in [0.1, 0.15) is 0 Å². The molecule has 0 saturated heterocycles.